The first kappa shape index (κ1) is 21.8. The van der Waals surface area contributed by atoms with Crippen molar-refractivity contribution in [3.8, 4) is 5.75 Å². The molecule has 4 heteroatoms. The maximum atomic E-state index is 12.5. The summed E-state index contributed by atoms with van der Waals surface area (Å²) in [6.07, 6.45) is 8.27. The predicted molar refractivity (Wildman–Crippen MR) is 107 cm³/mol. The Morgan fingerprint density at radius 2 is 1.68 bits per heavy atom. The summed E-state index contributed by atoms with van der Waals surface area (Å²) in [5.41, 5.74) is 1.03. The van der Waals surface area contributed by atoms with Gasteiger partial charge in [0.2, 0.25) is 5.91 Å². The van der Waals surface area contributed by atoms with Gasteiger partial charge in [0.1, 0.15) is 5.75 Å². The average Bonchev–Trinajstić information content (AvgIpc) is 2.59. The fourth-order valence-electron chi connectivity index (χ4n) is 2.80. The van der Waals surface area contributed by atoms with Gasteiger partial charge in [-0.2, -0.15) is 0 Å². The Morgan fingerprint density at radius 3 is 2.24 bits per heavy atom. The molecule has 0 aliphatic carbocycles. The van der Waals surface area contributed by atoms with Crippen molar-refractivity contribution in [3.05, 3.63) is 28.8 Å². The van der Waals surface area contributed by atoms with Gasteiger partial charge < -0.3 is 9.64 Å². The van der Waals surface area contributed by atoms with E-state index in [2.05, 4.69) is 18.7 Å². The number of benzene rings is 1. The quantitative estimate of drug-likeness (QED) is 0.399. The van der Waals surface area contributed by atoms with Crippen molar-refractivity contribution in [1.29, 1.82) is 0 Å². The number of unbranched alkanes of at least 4 members (excludes halogenated alkanes) is 4. The average molecular weight is 368 g/mol. The van der Waals surface area contributed by atoms with E-state index < -0.39 is 0 Å². The molecule has 0 aromatic heterocycles. The van der Waals surface area contributed by atoms with E-state index >= 15 is 0 Å². The molecule has 0 radical (unpaired) electrons. The highest BCUT2D eigenvalue weighted by atomic mass is 35.5. The first-order chi connectivity index (χ1) is 12.1. The fraction of sp³-hybridized carbons (Fsp3) is 0.667. The molecule has 1 amide bonds. The summed E-state index contributed by atoms with van der Waals surface area (Å²) in [5, 5.41) is 0.717. The standard InChI is InChI=1S/C21H34ClNO2/c1-4-6-8-14-23(15-9-7-5-2)21(24)11-10-16-25-20-13-12-19(22)17-18(20)3/h12-13,17H,4-11,14-16H2,1-3H3. The van der Waals surface area contributed by atoms with Gasteiger partial charge in [-0.05, 0) is 49.9 Å². The van der Waals surface area contributed by atoms with Crippen LogP contribution in [0.4, 0.5) is 0 Å². The lowest BCUT2D eigenvalue weighted by atomic mass is 10.2. The lowest BCUT2D eigenvalue weighted by Crippen LogP contribution is -2.33. The Hall–Kier alpha value is -1.22. The van der Waals surface area contributed by atoms with Gasteiger partial charge in [-0.25, -0.2) is 0 Å². The van der Waals surface area contributed by atoms with Crippen molar-refractivity contribution in [3.63, 3.8) is 0 Å². The summed E-state index contributed by atoms with van der Waals surface area (Å²) in [4.78, 5) is 14.6. The van der Waals surface area contributed by atoms with Crippen LogP contribution in [0.1, 0.15) is 70.8 Å². The second-order valence-corrected chi connectivity index (χ2v) is 7.09. The second-order valence-electron chi connectivity index (χ2n) is 6.66. The summed E-state index contributed by atoms with van der Waals surface area (Å²) in [6.45, 7) is 8.72. The zero-order valence-corrected chi connectivity index (χ0v) is 16.9. The van der Waals surface area contributed by atoms with Crippen LogP contribution >= 0.6 is 11.6 Å². The predicted octanol–water partition coefficient (Wildman–Crippen LogP) is 6.02. The molecule has 0 atom stereocenters. The molecule has 0 saturated carbocycles. The first-order valence-corrected chi connectivity index (χ1v) is 10.1. The van der Waals surface area contributed by atoms with E-state index in [0.717, 1.165) is 48.7 Å². The topological polar surface area (TPSA) is 29.5 Å². The van der Waals surface area contributed by atoms with Crippen molar-refractivity contribution in [2.45, 2.75) is 72.1 Å². The van der Waals surface area contributed by atoms with Crippen LogP contribution in [0.3, 0.4) is 0 Å². The number of rotatable bonds is 13. The molecule has 0 heterocycles. The van der Waals surface area contributed by atoms with Gasteiger partial charge in [-0.15, -0.1) is 0 Å². The second kappa shape index (κ2) is 13.0. The van der Waals surface area contributed by atoms with Gasteiger partial charge in [0.05, 0.1) is 6.61 Å². The summed E-state index contributed by atoms with van der Waals surface area (Å²) < 4.78 is 5.79. The molecule has 0 fully saturated rings. The third-order valence-electron chi connectivity index (χ3n) is 4.35. The van der Waals surface area contributed by atoms with E-state index in [1.165, 1.54) is 25.7 Å². The van der Waals surface area contributed by atoms with Gasteiger partial charge in [-0.3, -0.25) is 4.79 Å². The number of ether oxygens (including phenoxy) is 1. The van der Waals surface area contributed by atoms with E-state index in [4.69, 9.17) is 16.3 Å². The maximum absolute atomic E-state index is 12.5. The zero-order valence-electron chi connectivity index (χ0n) is 16.2. The molecule has 0 aliphatic rings. The Labute approximate surface area is 158 Å². The van der Waals surface area contributed by atoms with Gasteiger partial charge in [0.15, 0.2) is 0 Å². The van der Waals surface area contributed by atoms with E-state index in [1.54, 1.807) is 0 Å². The first-order valence-electron chi connectivity index (χ1n) is 9.75. The third kappa shape index (κ3) is 9.15. The summed E-state index contributed by atoms with van der Waals surface area (Å²) >= 11 is 5.95. The number of amides is 1. The molecule has 0 bridgehead atoms. The van der Waals surface area contributed by atoms with Crippen LogP contribution in [0, 0.1) is 6.92 Å². The van der Waals surface area contributed by atoms with Crippen LogP contribution < -0.4 is 4.74 Å². The van der Waals surface area contributed by atoms with Gasteiger partial charge >= 0.3 is 0 Å². The lowest BCUT2D eigenvalue weighted by molar-refractivity contribution is -0.131. The minimum absolute atomic E-state index is 0.267. The molecule has 25 heavy (non-hydrogen) atoms. The van der Waals surface area contributed by atoms with Crippen molar-refractivity contribution < 1.29 is 9.53 Å². The van der Waals surface area contributed by atoms with Gasteiger partial charge in [0, 0.05) is 24.5 Å². The number of aryl methyl sites for hydroxylation is 1. The Kier molecular flexibility index (Phi) is 11.4. The highest BCUT2D eigenvalue weighted by Crippen LogP contribution is 2.22. The minimum atomic E-state index is 0.267. The molecular weight excluding hydrogens is 334 g/mol. The number of nitrogens with zero attached hydrogens (tertiary/aromatic N) is 1. The van der Waals surface area contributed by atoms with Crippen LogP contribution in [0.15, 0.2) is 18.2 Å². The third-order valence-corrected chi connectivity index (χ3v) is 4.58. The maximum Gasteiger partial charge on any atom is 0.222 e. The van der Waals surface area contributed by atoms with E-state index in [-0.39, 0.29) is 5.91 Å². The van der Waals surface area contributed by atoms with E-state index in [0.29, 0.717) is 13.0 Å². The lowest BCUT2D eigenvalue weighted by Gasteiger charge is -2.23. The fourth-order valence-corrected chi connectivity index (χ4v) is 3.03. The van der Waals surface area contributed by atoms with Crippen LogP contribution in [0.5, 0.6) is 5.75 Å². The van der Waals surface area contributed by atoms with Gasteiger partial charge in [-0.1, -0.05) is 51.1 Å². The molecule has 142 valence electrons. The molecule has 1 aromatic rings. The van der Waals surface area contributed by atoms with Crippen molar-refractivity contribution in [1.82, 2.24) is 4.90 Å². The van der Waals surface area contributed by atoms with Crippen LogP contribution in [0.25, 0.3) is 0 Å². The van der Waals surface area contributed by atoms with Crippen molar-refractivity contribution in [2.24, 2.45) is 0 Å². The van der Waals surface area contributed by atoms with Crippen LogP contribution in [-0.2, 0) is 4.79 Å². The normalized spacial score (nSPS) is 10.7. The summed E-state index contributed by atoms with van der Waals surface area (Å²) in [5.74, 6) is 1.11. The highest BCUT2D eigenvalue weighted by Gasteiger charge is 2.12. The zero-order chi connectivity index (χ0) is 18.5. The highest BCUT2D eigenvalue weighted by molar-refractivity contribution is 6.30. The van der Waals surface area contributed by atoms with Gasteiger partial charge in [0.25, 0.3) is 0 Å². The summed E-state index contributed by atoms with van der Waals surface area (Å²) in [7, 11) is 0. The molecule has 0 aliphatic heterocycles. The largest absolute Gasteiger partial charge is 0.493 e. The molecule has 0 saturated heterocycles. The SMILES string of the molecule is CCCCCN(CCCCC)C(=O)CCCOc1ccc(Cl)cc1C. The molecule has 0 unspecified atom stereocenters. The molecule has 0 N–H and O–H groups in total. The number of carbonyl (C=O) groups excluding carboxylic acids is 1. The molecular formula is C21H34ClNO2. The molecule has 1 rings (SSSR count). The molecule has 0 spiro atoms. The number of carbonyl (C=O) groups is 1. The van der Waals surface area contributed by atoms with Crippen molar-refractivity contribution >= 4 is 17.5 Å². The number of hydrogen-bond donors (Lipinski definition) is 0. The Bertz CT molecular complexity index is 495. The molecule has 3 nitrogen and oxygen atoms in total. The smallest absolute Gasteiger partial charge is 0.222 e. The number of halogens is 1. The van der Waals surface area contributed by atoms with Crippen molar-refractivity contribution in [2.75, 3.05) is 19.7 Å². The Morgan fingerprint density at radius 1 is 1.04 bits per heavy atom. The number of hydrogen-bond acceptors (Lipinski definition) is 2. The summed E-state index contributed by atoms with van der Waals surface area (Å²) in [6, 6.07) is 5.62. The van der Waals surface area contributed by atoms with Crippen LogP contribution in [0.2, 0.25) is 5.02 Å². The Balaban J connectivity index is 2.36. The monoisotopic (exact) mass is 367 g/mol. The van der Waals surface area contributed by atoms with E-state index in [1.807, 2.05) is 25.1 Å². The van der Waals surface area contributed by atoms with E-state index in [9.17, 15) is 4.79 Å². The minimum Gasteiger partial charge on any atom is -0.493 e. The van der Waals surface area contributed by atoms with Crippen LogP contribution in [-0.4, -0.2) is 30.5 Å². The molecule has 1 aromatic carbocycles.